The fourth-order valence-electron chi connectivity index (χ4n) is 2.00. The number of halogens is 1. The average molecular weight is 282 g/mol. The number of amides is 1. The van der Waals surface area contributed by atoms with Gasteiger partial charge in [-0.3, -0.25) is 4.79 Å². The van der Waals surface area contributed by atoms with E-state index in [1.807, 2.05) is 13.0 Å². The van der Waals surface area contributed by atoms with Gasteiger partial charge in [0.1, 0.15) is 5.82 Å². The molecule has 0 aliphatic carbocycles. The maximum absolute atomic E-state index is 12.8. The van der Waals surface area contributed by atoms with Crippen LogP contribution in [-0.2, 0) is 11.2 Å². The van der Waals surface area contributed by atoms with E-state index in [0.717, 1.165) is 5.56 Å². The molecule has 0 radical (unpaired) electrons. The molecule has 21 heavy (non-hydrogen) atoms. The highest BCUT2D eigenvalue weighted by atomic mass is 19.1. The zero-order valence-electron chi connectivity index (χ0n) is 11.6. The monoisotopic (exact) mass is 282 g/mol. The van der Waals surface area contributed by atoms with Crippen molar-refractivity contribution in [3.8, 4) is 6.07 Å². The highest BCUT2D eigenvalue weighted by molar-refractivity contribution is 5.92. The molecule has 1 amide bonds. The van der Waals surface area contributed by atoms with Gasteiger partial charge in [-0.25, -0.2) is 4.39 Å². The van der Waals surface area contributed by atoms with Crippen LogP contribution in [0.1, 0.15) is 18.1 Å². The minimum Gasteiger partial charge on any atom is -0.326 e. The molecule has 0 aliphatic rings. The maximum Gasteiger partial charge on any atom is 0.227 e. The molecule has 2 aromatic rings. The Balaban J connectivity index is 1.99. The summed E-state index contributed by atoms with van der Waals surface area (Å²) in [4.78, 5) is 12.1. The van der Waals surface area contributed by atoms with Gasteiger partial charge in [-0.1, -0.05) is 25.1 Å². The number of hydrogen-bond acceptors (Lipinski definition) is 2. The Morgan fingerprint density at radius 1 is 1.29 bits per heavy atom. The van der Waals surface area contributed by atoms with Crippen LogP contribution in [0.2, 0.25) is 0 Å². The lowest BCUT2D eigenvalue weighted by atomic mass is 10.0. The van der Waals surface area contributed by atoms with E-state index in [4.69, 9.17) is 5.26 Å². The van der Waals surface area contributed by atoms with Crippen LogP contribution in [-0.4, -0.2) is 5.91 Å². The van der Waals surface area contributed by atoms with Crippen molar-refractivity contribution in [3.05, 3.63) is 65.5 Å². The number of hydrogen-bond donors (Lipinski definition) is 1. The molecular formula is C17H15FN2O. The lowest BCUT2D eigenvalue weighted by Gasteiger charge is -2.12. The molecule has 1 N–H and O–H groups in total. The molecule has 1 atom stereocenters. The van der Waals surface area contributed by atoms with Gasteiger partial charge in [0.15, 0.2) is 0 Å². The third-order valence-corrected chi connectivity index (χ3v) is 3.16. The van der Waals surface area contributed by atoms with E-state index >= 15 is 0 Å². The van der Waals surface area contributed by atoms with Gasteiger partial charge in [0, 0.05) is 11.6 Å². The molecule has 0 fully saturated rings. The largest absolute Gasteiger partial charge is 0.326 e. The van der Waals surface area contributed by atoms with Crippen LogP contribution in [0.5, 0.6) is 0 Å². The number of nitriles is 1. The smallest absolute Gasteiger partial charge is 0.227 e. The minimum absolute atomic E-state index is 0.130. The van der Waals surface area contributed by atoms with Crippen LogP contribution in [0.3, 0.4) is 0 Å². The summed E-state index contributed by atoms with van der Waals surface area (Å²) in [5, 5.41) is 11.6. The van der Waals surface area contributed by atoms with Gasteiger partial charge in [-0.05, 0) is 42.3 Å². The highest BCUT2D eigenvalue weighted by Crippen LogP contribution is 2.14. The number of nitrogens with one attached hydrogen (secondary N) is 1. The summed E-state index contributed by atoms with van der Waals surface area (Å²) in [7, 11) is 0. The number of anilines is 1. The van der Waals surface area contributed by atoms with Gasteiger partial charge in [0.25, 0.3) is 0 Å². The van der Waals surface area contributed by atoms with Crippen molar-refractivity contribution in [1.29, 1.82) is 5.26 Å². The predicted molar refractivity (Wildman–Crippen MR) is 79.1 cm³/mol. The summed E-state index contributed by atoms with van der Waals surface area (Å²) in [5.41, 5.74) is 2.01. The van der Waals surface area contributed by atoms with E-state index in [-0.39, 0.29) is 17.6 Å². The van der Waals surface area contributed by atoms with E-state index in [2.05, 4.69) is 5.32 Å². The Bertz CT molecular complexity index is 674. The number of carbonyl (C=O) groups excluding carboxylic acids is 1. The number of nitrogens with zero attached hydrogens (tertiary/aromatic N) is 1. The molecule has 3 nitrogen and oxygen atoms in total. The van der Waals surface area contributed by atoms with Crippen molar-refractivity contribution in [3.63, 3.8) is 0 Å². The van der Waals surface area contributed by atoms with Crippen LogP contribution < -0.4 is 5.32 Å². The molecule has 2 rings (SSSR count). The summed E-state index contributed by atoms with van der Waals surface area (Å²) in [6.45, 7) is 1.81. The van der Waals surface area contributed by atoms with Crippen molar-refractivity contribution in [2.75, 3.05) is 5.32 Å². The normalized spacial score (nSPS) is 11.5. The Kier molecular flexibility index (Phi) is 4.68. The Morgan fingerprint density at radius 3 is 2.67 bits per heavy atom. The third kappa shape index (κ3) is 4.15. The first kappa shape index (κ1) is 14.7. The fourth-order valence-corrected chi connectivity index (χ4v) is 2.00. The van der Waals surface area contributed by atoms with Gasteiger partial charge in [-0.2, -0.15) is 5.26 Å². The Hall–Kier alpha value is -2.67. The molecule has 2 aromatic carbocycles. The van der Waals surface area contributed by atoms with Crippen LogP contribution in [0.15, 0.2) is 48.5 Å². The fraction of sp³-hybridized carbons (Fsp3) is 0.176. The van der Waals surface area contributed by atoms with Crippen molar-refractivity contribution < 1.29 is 9.18 Å². The predicted octanol–water partition coefficient (Wildman–Crippen LogP) is 3.51. The zero-order valence-corrected chi connectivity index (χ0v) is 11.6. The van der Waals surface area contributed by atoms with E-state index in [1.165, 1.54) is 12.1 Å². The number of carbonyl (C=O) groups is 1. The average Bonchev–Trinajstić information content (AvgIpc) is 2.49. The zero-order chi connectivity index (χ0) is 15.2. The molecule has 0 heterocycles. The Morgan fingerprint density at radius 2 is 2.00 bits per heavy atom. The second kappa shape index (κ2) is 6.67. The second-order valence-corrected chi connectivity index (χ2v) is 4.91. The first-order chi connectivity index (χ1) is 10.1. The third-order valence-electron chi connectivity index (χ3n) is 3.16. The van der Waals surface area contributed by atoms with Crippen LogP contribution in [0.4, 0.5) is 10.1 Å². The first-order valence-electron chi connectivity index (χ1n) is 6.64. The van der Waals surface area contributed by atoms with Crippen LogP contribution in [0.25, 0.3) is 0 Å². The minimum atomic E-state index is -0.288. The van der Waals surface area contributed by atoms with Crippen molar-refractivity contribution >= 4 is 11.6 Å². The van der Waals surface area contributed by atoms with Crippen molar-refractivity contribution in [1.82, 2.24) is 0 Å². The lowest BCUT2D eigenvalue weighted by Crippen LogP contribution is -2.22. The molecular weight excluding hydrogens is 267 g/mol. The quantitative estimate of drug-likeness (QED) is 0.932. The van der Waals surface area contributed by atoms with E-state index < -0.39 is 0 Å². The summed E-state index contributed by atoms with van der Waals surface area (Å²) in [6, 6.07) is 14.9. The second-order valence-electron chi connectivity index (χ2n) is 4.91. The Labute approximate surface area is 123 Å². The van der Waals surface area contributed by atoms with E-state index in [1.54, 1.807) is 36.4 Å². The molecule has 0 saturated heterocycles. The van der Waals surface area contributed by atoms with E-state index in [0.29, 0.717) is 17.7 Å². The highest BCUT2D eigenvalue weighted by Gasteiger charge is 2.14. The molecule has 0 aromatic heterocycles. The maximum atomic E-state index is 12.8. The molecule has 106 valence electrons. The van der Waals surface area contributed by atoms with Crippen LogP contribution >= 0.6 is 0 Å². The van der Waals surface area contributed by atoms with Gasteiger partial charge in [0.2, 0.25) is 5.91 Å². The molecule has 0 spiro atoms. The summed E-state index contributed by atoms with van der Waals surface area (Å²) in [6.07, 6.45) is 0.532. The van der Waals surface area contributed by atoms with Crippen molar-refractivity contribution in [2.24, 2.45) is 5.92 Å². The van der Waals surface area contributed by atoms with Gasteiger partial charge in [-0.15, -0.1) is 0 Å². The van der Waals surface area contributed by atoms with Gasteiger partial charge in [0.05, 0.1) is 11.6 Å². The first-order valence-corrected chi connectivity index (χ1v) is 6.64. The molecule has 1 unspecified atom stereocenters. The lowest BCUT2D eigenvalue weighted by molar-refractivity contribution is -0.119. The number of benzene rings is 2. The van der Waals surface area contributed by atoms with Gasteiger partial charge < -0.3 is 5.32 Å². The summed E-state index contributed by atoms with van der Waals surface area (Å²) < 4.78 is 12.8. The molecule has 4 heteroatoms. The molecule has 0 bridgehead atoms. The molecule has 0 aliphatic heterocycles. The van der Waals surface area contributed by atoms with Crippen LogP contribution in [0, 0.1) is 23.1 Å². The number of rotatable bonds is 4. The molecule has 0 saturated carbocycles. The standard InChI is InChI=1S/C17H15FN2O/c1-12(9-13-5-7-15(18)8-6-13)17(21)20-16-4-2-3-14(10-16)11-19/h2-8,10,12H,9H2,1H3,(H,20,21). The SMILES string of the molecule is CC(Cc1ccc(F)cc1)C(=O)Nc1cccc(C#N)c1. The summed E-state index contributed by atoms with van der Waals surface area (Å²) >= 11 is 0. The topological polar surface area (TPSA) is 52.9 Å². The van der Waals surface area contributed by atoms with Crippen molar-refractivity contribution in [2.45, 2.75) is 13.3 Å². The summed E-state index contributed by atoms with van der Waals surface area (Å²) in [5.74, 6) is -0.667. The van der Waals surface area contributed by atoms with E-state index in [9.17, 15) is 9.18 Å². The van der Waals surface area contributed by atoms with Gasteiger partial charge >= 0.3 is 0 Å².